The van der Waals surface area contributed by atoms with E-state index in [9.17, 15) is 48.0 Å². The number of carbonyl (C=O) groups is 1. The second-order valence-electron chi connectivity index (χ2n) is 9.30. The number of alkyl carbamates (subject to hydrolysis) is 1. The molecular weight excluding hydrogens is 668 g/mol. The number of amides is 1. The van der Waals surface area contributed by atoms with Crippen LogP contribution in [0, 0.1) is 0 Å². The number of hydrogen-bond donors (Lipinski definition) is 1. The largest absolute Gasteiger partial charge is 0.500 e. The predicted octanol–water partition coefficient (Wildman–Crippen LogP) is 5.26. The first-order valence-electron chi connectivity index (χ1n) is 14.2. The van der Waals surface area contributed by atoms with Gasteiger partial charge in [0.1, 0.15) is 13.2 Å². The Balaban J connectivity index is 0. The Labute approximate surface area is 258 Å². The lowest BCUT2D eigenvalue weighted by Gasteiger charge is -2.38. The van der Waals surface area contributed by atoms with E-state index in [0.29, 0.717) is 39.0 Å². The normalized spacial score (nSPS) is 13.3. The molecule has 21 heteroatoms. The smallest absolute Gasteiger partial charge is 0.444 e. The molecular formula is C23H47F6N3O9S2Si. The molecule has 0 fully saturated rings. The summed E-state index contributed by atoms with van der Waals surface area (Å²) >= 11 is 0. The van der Waals surface area contributed by atoms with Gasteiger partial charge in [0.25, 0.3) is 0 Å². The number of carbonyl (C=O) groups excluding carboxylic acids is 1. The molecule has 0 aromatic carbocycles. The number of nitrogens with zero attached hydrogens (tertiary/aromatic N) is 2. The molecule has 0 heterocycles. The Kier molecular flexibility index (Phi) is 21.2. The summed E-state index contributed by atoms with van der Waals surface area (Å²) in [5.41, 5.74) is -12.4. The van der Waals surface area contributed by atoms with Crippen LogP contribution in [0.3, 0.4) is 0 Å². The molecule has 0 saturated heterocycles. The minimum atomic E-state index is -6.72. The first-order valence-corrected chi connectivity index (χ1v) is 19.0. The van der Waals surface area contributed by atoms with Crippen molar-refractivity contribution < 1.29 is 70.5 Å². The molecule has 44 heavy (non-hydrogen) atoms. The molecule has 1 N–H and O–H groups in total. The lowest BCUT2D eigenvalue weighted by atomic mass is 10.2. The second-order valence-corrected chi connectivity index (χ2v) is 15.5. The minimum Gasteiger partial charge on any atom is -0.444 e. The van der Waals surface area contributed by atoms with E-state index in [0.717, 1.165) is 60.5 Å². The highest BCUT2D eigenvalue weighted by Crippen LogP contribution is 2.36. The van der Waals surface area contributed by atoms with Crippen molar-refractivity contribution in [2.24, 2.45) is 0 Å². The van der Waals surface area contributed by atoms with Gasteiger partial charge in [-0.3, -0.25) is 0 Å². The van der Waals surface area contributed by atoms with Crippen molar-refractivity contribution in [3.63, 3.8) is 0 Å². The molecule has 0 aliphatic rings. The van der Waals surface area contributed by atoms with E-state index in [2.05, 4.69) is 26.1 Å². The van der Waals surface area contributed by atoms with Crippen LogP contribution in [-0.4, -0.2) is 106 Å². The molecule has 0 saturated carbocycles. The zero-order valence-electron chi connectivity index (χ0n) is 26.1. The highest BCUT2D eigenvalue weighted by molar-refractivity contribution is 8.13. The fourth-order valence-corrected chi connectivity index (χ4v) is 8.51. The lowest BCUT2D eigenvalue weighted by Crippen LogP contribution is -2.52. The quantitative estimate of drug-likeness (QED) is 0.0728. The number of hydrogen-bond acceptors (Lipinski definition) is 9. The van der Waals surface area contributed by atoms with Gasteiger partial charge in [0.2, 0.25) is 0 Å². The molecule has 0 aromatic rings. The van der Waals surface area contributed by atoms with Crippen molar-refractivity contribution >= 4 is 34.9 Å². The van der Waals surface area contributed by atoms with Crippen molar-refractivity contribution in [3.8, 4) is 0 Å². The fraction of sp³-hybridized carbons (Fsp3) is 0.957. The number of rotatable bonds is 21. The zero-order valence-corrected chi connectivity index (χ0v) is 28.7. The summed E-state index contributed by atoms with van der Waals surface area (Å²) in [7, 11) is -16.1. The summed E-state index contributed by atoms with van der Waals surface area (Å²) in [5.74, 6) is 0. The Morgan fingerprint density at radius 2 is 1.11 bits per heavy atom. The number of sulfonamides is 2. The van der Waals surface area contributed by atoms with Crippen LogP contribution >= 0.6 is 0 Å². The first kappa shape index (κ1) is 44.9. The molecule has 12 nitrogen and oxygen atoms in total. The van der Waals surface area contributed by atoms with Crippen LogP contribution in [0.4, 0.5) is 31.1 Å². The summed E-state index contributed by atoms with van der Waals surface area (Å²) in [4.78, 5) is 12.1. The lowest BCUT2D eigenvalue weighted by molar-refractivity contribution is -0.928. The van der Waals surface area contributed by atoms with E-state index >= 15 is 0 Å². The van der Waals surface area contributed by atoms with Gasteiger partial charge in [-0.1, -0.05) is 20.8 Å². The van der Waals surface area contributed by atoms with Crippen LogP contribution in [0.2, 0.25) is 6.04 Å². The number of ether oxygens (including phenoxy) is 1. The third-order valence-electron chi connectivity index (χ3n) is 5.70. The maximum Gasteiger partial charge on any atom is 0.500 e. The van der Waals surface area contributed by atoms with Crippen molar-refractivity contribution in [2.75, 3.05) is 59.2 Å². The van der Waals surface area contributed by atoms with E-state index in [1.54, 1.807) is 0 Å². The molecule has 0 bridgehead atoms. The molecule has 0 unspecified atom stereocenters. The van der Waals surface area contributed by atoms with Gasteiger partial charge in [0.15, 0.2) is 20.0 Å². The number of nitrogens with one attached hydrogen (secondary N) is 1. The predicted molar refractivity (Wildman–Crippen MR) is 153 cm³/mol. The maximum atomic E-state index is 12.1. The van der Waals surface area contributed by atoms with Gasteiger partial charge < -0.3 is 31.9 Å². The van der Waals surface area contributed by atoms with Crippen LogP contribution in [0.1, 0.15) is 67.2 Å². The summed E-state index contributed by atoms with van der Waals surface area (Å²) in [6.45, 7) is 19.5. The Bertz CT molecular complexity index is 942. The Morgan fingerprint density at radius 3 is 1.43 bits per heavy atom. The molecule has 0 aromatic heterocycles. The van der Waals surface area contributed by atoms with Crippen LogP contribution in [0.5, 0.6) is 0 Å². The zero-order chi connectivity index (χ0) is 34.7. The van der Waals surface area contributed by atoms with Crippen LogP contribution in [0.15, 0.2) is 0 Å². The number of alkyl halides is 6. The summed E-state index contributed by atoms with van der Waals surface area (Å²) in [6, 6.07) is 0.687. The topological polar surface area (TPSA) is 148 Å². The SMILES string of the molecule is CCC[N+](CCC)(CCC)CCOC(=O)NCCC[Si](OCC)(OCC)OCC.O=S(=O)([N-]S(=O)(=O)C(F)(F)F)C(F)(F)F. The van der Waals surface area contributed by atoms with Gasteiger partial charge in [0.05, 0.1) is 19.6 Å². The van der Waals surface area contributed by atoms with Gasteiger partial charge in [-0.05, 0) is 46.5 Å². The van der Waals surface area contributed by atoms with Crippen molar-refractivity contribution in [3.05, 3.63) is 4.13 Å². The van der Waals surface area contributed by atoms with E-state index in [-0.39, 0.29) is 6.09 Å². The van der Waals surface area contributed by atoms with Crippen molar-refractivity contribution in [2.45, 2.75) is 84.3 Å². The standard InChI is InChI=1S/C21H46N2O5Si.C2F6NO4S2/c1-7-15-23(16-8-2,17-9-3)18-19-25-21(24)22-14-13-20-29(26-10-4,27-11-5)28-12-6;3-1(4,5)14(10,11)9-15(12,13)2(6,7)8/h7-20H2,1-6H3;/q;-1/p+1. The molecule has 266 valence electrons. The van der Waals surface area contributed by atoms with Gasteiger partial charge in [-0.2, -0.15) is 26.3 Å². The monoisotopic (exact) mass is 715 g/mol. The maximum absolute atomic E-state index is 12.1. The molecule has 1 amide bonds. The van der Waals surface area contributed by atoms with Gasteiger partial charge >= 0.3 is 25.9 Å². The van der Waals surface area contributed by atoms with Crippen LogP contribution < -0.4 is 5.32 Å². The van der Waals surface area contributed by atoms with Gasteiger partial charge in [0, 0.05) is 32.4 Å². The van der Waals surface area contributed by atoms with Crippen molar-refractivity contribution in [1.82, 2.24) is 5.32 Å². The van der Waals surface area contributed by atoms with Crippen LogP contribution in [0.25, 0.3) is 4.13 Å². The van der Waals surface area contributed by atoms with Gasteiger partial charge in [-0.25, -0.2) is 21.6 Å². The molecule has 0 atom stereocenters. The third-order valence-corrected chi connectivity index (χ3v) is 11.6. The summed E-state index contributed by atoms with van der Waals surface area (Å²) < 4.78 is 133. The third kappa shape index (κ3) is 16.9. The number of halogens is 6. The highest BCUT2D eigenvalue weighted by Gasteiger charge is 2.47. The van der Waals surface area contributed by atoms with Gasteiger partial charge in [-0.15, -0.1) is 0 Å². The summed E-state index contributed by atoms with van der Waals surface area (Å²) in [5, 5.41) is 2.85. The van der Waals surface area contributed by atoms with E-state index in [1.165, 1.54) is 0 Å². The minimum absolute atomic E-state index is 0.343. The molecule has 0 radical (unpaired) electrons. The molecule has 0 spiro atoms. The van der Waals surface area contributed by atoms with E-state index < -0.39 is 39.9 Å². The second kappa shape index (κ2) is 20.8. The molecule has 0 rings (SSSR count). The average Bonchev–Trinajstić information content (AvgIpc) is 2.86. The fourth-order valence-electron chi connectivity index (χ4n) is 4.19. The van der Waals surface area contributed by atoms with Crippen molar-refractivity contribution in [1.29, 1.82) is 0 Å². The molecule has 0 aliphatic carbocycles. The summed E-state index contributed by atoms with van der Waals surface area (Å²) in [6.07, 6.45) is 3.85. The highest BCUT2D eigenvalue weighted by atomic mass is 32.3. The van der Waals surface area contributed by atoms with Crippen LogP contribution in [-0.2, 0) is 38.1 Å². The van der Waals surface area contributed by atoms with E-state index in [1.807, 2.05) is 20.8 Å². The van der Waals surface area contributed by atoms with E-state index in [4.69, 9.17) is 18.0 Å². The number of quaternary nitrogens is 1. The molecule has 0 aliphatic heterocycles. The Hall–Kier alpha value is -1.23. The Morgan fingerprint density at radius 1 is 0.727 bits per heavy atom. The first-order chi connectivity index (χ1) is 20.2. The average molecular weight is 716 g/mol.